The van der Waals surface area contributed by atoms with Gasteiger partial charge in [-0.25, -0.2) is 4.98 Å². The van der Waals surface area contributed by atoms with E-state index >= 15 is 0 Å². The van der Waals surface area contributed by atoms with E-state index in [9.17, 15) is 4.79 Å². The topological polar surface area (TPSA) is 113 Å². The zero-order valence-electron chi connectivity index (χ0n) is 21.6. The molecule has 1 aliphatic rings. The zero-order valence-corrected chi connectivity index (χ0v) is 21.6. The van der Waals surface area contributed by atoms with Crippen LogP contribution in [0, 0.1) is 13.8 Å². The van der Waals surface area contributed by atoms with Gasteiger partial charge in [-0.05, 0) is 80.3 Å². The van der Waals surface area contributed by atoms with Gasteiger partial charge in [-0.3, -0.25) is 20.0 Å². The minimum Gasteiger partial charge on any atom is -0.366 e. The second kappa shape index (κ2) is 10.4. The highest BCUT2D eigenvalue weighted by atomic mass is 16.1. The van der Waals surface area contributed by atoms with Crippen molar-refractivity contribution < 1.29 is 9.78 Å². The molecule has 6 N–H and O–H groups in total. The van der Waals surface area contributed by atoms with Crippen molar-refractivity contribution in [3.05, 3.63) is 77.0 Å². The van der Waals surface area contributed by atoms with Gasteiger partial charge < -0.3 is 11.1 Å². The fourth-order valence-corrected chi connectivity index (χ4v) is 4.89. The van der Waals surface area contributed by atoms with Crippen LogP contribution in [0.3, 0.4) is 0 Å². The molecule has 1 amide bonds. The van der Waals surface area contributed by atoms with Gasteiger partial charge in [0.15, 0.2) is 0 Å². The maximum absolute atomic E-state index is 12.0. The highest BCUT2D eigenvalue weighted by molar-refractivity contribution is 6.00. The number of anilines is 4. The second-order valence-electron chi connectivity index (χ2n) is 9.69. The average molecular weight is 497 g/mol. The van der Waals surface area contributed by atoms with Crippen LogP contribution in [0.1, 0.15) is 46.8 Å². The molecule has 0 fully saturated rings. The number of hydrogen-bond donors (Lipinski definition) is 4. The van der Waals surface area contributed by atoms with Crippen molar-refractivity contribution in [3.8, 4) is 0 Å². The number of carbonyl (C=O) groups excluding carboxylic acids is 1. The van der Waals surface area contributed by atoms with E-state index in [1.165, 1.54) is 17.6 Å². The quantitative estimate of drug-likeness (QED) is 0.272. The Balaban J connectivity index is 1.42. The van der Waals surface area contributed by atoms with Gasteiger partial charge in [-0.2, -0.15) is 0 Å². The number of nitrogens with zero attached hydrogens (tertiary/aromatic N) is 2. The number of nitrogens with one attached hydrogen (secondary N) is 4. The maximum atomic E-state index is 12.0. The van der Waals surface area contributed by atoms with Crippen molar-refractivity contribution in [2.24, 2.45) is 5.73 Å². The number of H-pyrrole nitrogens is 2. The molecule has 0 unspecified atom stereocenters. The molecule has 37 heavy (non-hydrogen) atoms. The molecule has 5 rings (SSSR count). The third-order valence-corrected chi connectivity index (χ3v) is 6.78. The molecule has 2 aromatic heterocycles. The summed E-state index contributed by atoms with van der Waals surface area (Å²) in [5.41, 5.74) is 13.2. The van der Waals surface area contributed by atoms with Gasteiger partial charge in [0.05, 0.1) is 22.3 Å². The molecule has 0 spiro atoms. The van der Waals surface area contributed by atoms with E-state index in [-0.39, 0.29) is 0 Å². The summed E-state index contributed by atoms with van der Waals surface area (Å²) in [5.74, 6) is 0.701. The van der Waals surface area contributed by atoms with Crippen LogP contribution in [0.5, 0.6) is 0 Å². The monoisotopic (exact) mass is 496 g/mol. The Hall–Kier alpha value is -4.17. The Morgan fingerprint density at radius 3 is 2.76 bits per heavy atom. The first-order valence-corrected chi connectivity index (χ1v) is 12.8. The van der Waals surface area contributed by atoms with Gasteiger partial charge in [0.2, 0.25) is 11.5 Å². The molecule has 0 radical (unpaired) electrons. The molecule has 8 heteroatoms. The van der Waals surface area contributed by atoms with Crippen molar-refractivity contribution in [1.82, 2.24) is 14.9 Å². The van der Waals surface area contributed by atoms with Crippen LogP contribution < -0.4 is 21.4 Å². The number of hydrogen-bond acceptors (Lipinski definition) is 5. The molecular formula is C29H34N7O+. The summed E-state index contributed by atoms with van der Waals surface area (Å²) in [7, 11) is 0. The number of benzene rings is 2. The van der Waals surface area contributed by atoms with Crippen molar-refractivity contribution in [2.75, 3.05) is 30.3 Å². The lowest BCUT2D eigenvalue weighted by Crippen LogP contribution is -2.30. The molecule has 3 heterocycles. The predicted molar refractivity (Wildman–Crippen MR) is 149 cm³/mol. The summed E-state index contributed by atoms with van der Waals surface area (Å²) >= 11 is 0. The van der Waals surface area contributed by atoms with E-state index in [0.717, 1.165) is 53.9 Å². The first kappa shape index (κ1) is 24.5. The summed E-state index contributed by atoms with van der Waals surface area (Å²) in [6.45, 7) is 9.54. The van der Waals surface area contributed by atoms with Crippen molar-refractivity contribution in [3.63, 3.8) is 0 Å². The van der Waals surface area contributed by atoms with Crippen LogP contribution in [-0.2, 0) is 0 Å². The summed E-state index contributed by atoms with van der Waals surface area (Å²) < 4.78 is 0. The number of primary amides is 1. The Morgan fingerprint density at radius 1 is 1.14 bits per heavy atom. The van der Waals surface area contributed by atoms with E-state index in [0.29, 0.717) is 23.0 Å². The first-order valence-electron chi connectivity index (χ1n) is 12.8. The number of carbonyl (C=O) groups is 1. The number of aromatic nitrogens is 3. The maximum Gasteiger partial charge on any atom is 0.351 e. The number of aryl methyl sites for hydroxylation is 2. The molecular weight excluding hydrogens is 462 g/mol. The smallest absolute Gasteiger partial charge is 0.351 e. The van der Waals surface area contributed by atoms with E-state index in [1.807, 2.05) is 31.3 Å². The Labute approximate surface area is 217 Å². The SMILES string of the molecule is CCCN1CCC=C(c2ccc(Nc3nc(Nc4ccc(C)cc4C(N)=O)c4cc[nH]c4[nH+]3)c(C)c2)C1. The Bertz CT molecular complexity index is 1490. The average Bonchev–Trinajstić information content (AvgIpc) is 3.36. The lowest BCUT2D eigenvalue weighted by molar-refractivity contribution is -0.333. The lowest BCUT2D eigenvalue weighted by atomic mass is 9.98. The second-order valence-corrected chi connectivity index (χ2v) is 9.69. The molecule has 0 atom stereocenters. The van der Waals surface area contributed by atoms with Gasteiger partial charge in [0.25, 0.3) is 5.91 Å². The van der Waals surface area contributed by atoms with Crippen LogP contribution in [0.2, 0.25) is 0 Å². The molecule has 4 aromatic rings. The molecule has 8 nitrogen and oxygen atoms in total. The molecule has 2 aromatic carbocycles. The fraction of sp³-hybridized carbons (Fsp3) is 0.276. The van der Waals surface area contributed by atoms with Crippen LogP contribution in [-0.4, -0.2) is 40.4 Å². The third kappa shape index (κ3) is 5.34. The molecule has 0 saturated heterocycles. The molecule has 1 aliphatic heterocycles. The number of aromatic amines is 2. The highest BCUT2D eigenvalue weighted by Gasteiger charge is 2.19. The largest absolute Gasteiger partial charge is 0.366 e. The molecule has 0 saturated carbocycles. The van der Waals surface area contributed by atoms with E-state index in [4.69, 9.17) is 10.7 Å². The van der Waals surface area contributed by atoms with Crippen LogP contribution >= 0.6 is 0 Å². The summed E-state index contributed by atoms with van der Waals surface area (Å²) in [6, 6.07) is 14.0. The van der Waals surface area contributed by atoms with Crippen molar-refractivity contribution in [2.45, 2.75) is 33.6 Å². The van der Waals surface area contributed by atoms with E-state index in [1.54, 1.807) is 6.07 Å². The third-order valence-electron chi connectivity index (χ3n) is 6.78. The molecule has 0 bridgehead atoms. The minimum absolute atomic E-state index is 0.425. The highest BCUT2D eigenvalue weighted by Crippen LogP contribution is 2.29. The van der Waals surface area contributed by atoms with Crippen molar-refractivity contribution in [1.29, 1.82) is 0 Å². The fourth-order valence-electron chi connectivity index (χ4n) is 4.89. The predicted octanol–water partition coefficient (Wildman–Crippen LogP) is 5.08. The van der Waals surface area contributed by atoms with Gasteiger partial charge in [-0.1, -0.05) is 35.7 Å². The summed E-state index contributed by atoms with van der Waals surface area (Å²) in [6.07, 6.45) is 6.49. The summed E-state index contributed by atoms with van der Waals surface area (Å²) in [4.78, 5) is 25.9. The Morgan fingerprint density at radius 2 is 1.97 bits per heavy atom. The minimum atomic E-state index is -0.487. The van der Waals surface area contributed by atoms with Gasteiger partial charge in [0.1, 0.15) is 0 Å². The number of fused-ring (bicyclic) bond motifs is 1. The van der Waals surface area contributed by atoms with E-state index in [2.05, 4.69) is 63.6 Å². The van der Waals surface area contributed by atoms with E-state index < -0.39 is 5.91 Å². The van der Waals surface area contributed by atoms with Gasteiger partial charge >= 0.3 is 5.95 Å². The van der Waals surface area contributed by atoms with Gasteiger partial charge in [-0.15, -0.1) is 0 Å². The number of rotatable bonds is 8. The van der Waals surface area contributed by atoms with Gasteiger partial charge in [0, 0.05) is 19.3 Å². The standard InChI is InChI=1S/C29H33N7O/c1-4-13-36-14-5-6-21(17-36)20-8-10-24(19(3)16-20)33-29-34-27-22(11-12-31-27)28(35-29)32-25-9-7-18(2)15-23(25)26(30)37/h6-12,15-16H,4-5,13-14,17H2,1-3H3,(H2,30,37)(H3,31,32,33,34,35)/p+1. The summed E-state index contributed by atoms with van der Waals surface area (Å²) in [5, 5.41) is 7.62. The zero-order chi connectivity index (χ0) is 25.9. The first-order chi connectivity index (χ1) is 17.9. The van der Waals surface area contributed by atoms with Crippen LogP contribution in [0.4, 0.5) is 23.1 Å². The number of amides is 1. The van der Waals surface area contributed by atoms with Crippen molar-refractivity contribution >= 4 is 45.7 Å². The van der Waals surface area contributed by atoms with Crippen LogP contribution in [0.25, 0.3) is 16.6 Å². The molecule has 190 valence electrons. The van der Waals surface area contributed by atoms with Crippen LogP contribution in [0.15, 0.2) is 54.7 Å². The normalized spacial score (nSPS) is 14.0. The number of nitrogens with two attached hydrogens (primary N) is 1. The Kier molecular flexibility index (Phi) is 6.92. The molecule has 0 aliphatic carbocycles. The lowest BCUT2D eigenvalue weighted by Gasteiger charge is -2.27.